The Balaban J connectivity index is 2.65. The van der Waals surface area contributed by atoms with E-state index in [2.05, 4.69) is 10.2 Å². The average Bonchev–Trinajstić information content (AvgIpc) is 2.55. The lowest BCUT2D eigenvalue weighted by molar-refractivity contribution is -0.253. The number of nitrogens with one attached hydrogen (secondary N) is 1. The van der Waals surface area contributed by atoms with Gasteiger partial charge in [-0.3, -0.25) is 10.1 Å². The minimum absolute atomic E-state index is 0.0409. The first-order chi connectivity index (χ1) is 7.11. The van der Waals surface area contributed by atoms with Gasteiger partial charge in [0.1, 0.15) is 6.61 Å². The van der Waals surface area contributed by atoms with Crippen molar-refractivity contribution in [3.8, 4) is 0 Å². The van der Waals surface area contributed by atoms with Crippen molar-refractivity contribution in [1.82, 2.24) is 10.2 Å². The summed E-state index contributed by atoms with van der Waals surface area (Å²) in [4.78, 5) is 17.9. The number of amides is 1. The van der Waals surface area contributed by atoms with Crippen molar-refractivity contribution in [2.75, 3.05) is 20.2 Å². The second-order valence-corrected chi connectivity index (χ2v) is 4.27. The Morgan fingerprint density at radius 1 is 1.67 bits per heavy atom. The Hall–Kier alpha value is -0.650. The molecule has 1 aliphatic rings. The Morgan fingerprint density at radius 3 is 2.73 bits per heavy atom. The maximum absolute atomic E-state index is 11.9. The first kappa shape index (κ1) is 12.4. The smallest absolute Gasteiger partial charge is 0.240 e. The summed E-state index contributed by atoms with van der Waals surface area (Å²) in [5.74, 6) is 0.380. The number of nitrogens with zero attached hydrogens (tertiary/aromatic N) is 1. The van der Waals surface area contributed by atoms with Crippen LogP contribution >= 0.6 is 0 Å². The molecule has 0 bridgehead atoms. The molecule has 15 heavy (non-hydrogen) atoms. The van der Waals surface area contributed by atoms with Crippen LogP contribution in [-0.4, -0.2) is 48.3 Å². The molecule has 1 amide bonds. The van der Waals surface area contributed by atoms with Crippen LogP contribution < -0.4 is 5.32 Å². The van der Waals surface area contributed by atoms with Crippen LogP contribution in [0.4, 0.5) is 0 Å². The van der Waals surface area contributed by atoms with E-state index in [1.807, 2.05) is 13.8 Å². The van der Waals surface area contributed by atoms with Gasteiger partial charge in [0.25, 0.3) is 0 Å². The van der Waals surface area contributed by atoms with Crippen molar-refractivity contribution < 1.29 is 14.9 Å². The Labute approximate surface area is 90.3 Å². The van der Waals surface area contributed by atoms with Crippen molar-refractivity contribution >= 4 is 5.91 Å². The highest BCUT2D eigenvalue weighted by Crippen LogP contribution is 2.19. The Bertz CT molecular complexity index is 221. The van der Waals surface area contributed by atoms with Crippen LogP contribution in [0, 0.1) is 5.92 Å². The fourth-order valence-electron chi connectivity index (χ4n) is 2.02. The third kappa shape index (κ3) is 2.68. The van der Waals surface area contributed by atoms with E-state index < -0.39 is 0 Å². The summed E-state index contributed by atoms with van der Waals surface area (Å²) < 4.78 is 0. The van der Waals surface area contributed by atoms with Crippen LogP contribution in [0.5, 0.6) is 0 Å². The molecule has 1 heterocycles. The summed E-state index contributed by atoms with van der Waals surface area (Å²) in [5.41, 5.74) is 0. The van der Waals surface area contributed by atoms with Crippen LogP contribution in [0.25, 0.3) is 0 Å². The molecule has 2 unspecified atom stereocenters. The molecule has 1 aliphatic heterocycles. The van der Waals surface area contributed by atoms with Crippen LogP contribution in [0.1, 0.15) is 20.3 Å². The summed E-state index contributed by atoms with van der Waals surface area (Å²) in [7, 11) is 1.79. The quantitative estimate of drug-likeness (QED) is 0.513. The molecule has 0 aromatic carbocycles. The lowest BCUT2D eigenvalue weighted by Gasteiger charge is -2.30. The molecule has 0 radical (unpaired) electrons. The molecule has 0 saturated carbocycles. The number of likely N-dealkylation sites (tertiary alicyclic amines) is 1. The van der Waals surface area contributed by atoms with Crippen LogP contribution in [-0.2, 0) is 9.68 Å². The van der Waals surface area contributed by atoms with Crippen LogP contribution in [0.3, 0.4) is 0 Å². The third-order valence-corrected chi connectivity index (χ3v) is 3.00. The normalized spacial score (nSPS) is 23.9. The molecule has 1 fully saturated rings. The van der Waals surface area contributed by atoms with Gasteiger partial charge in [-0.05, 0) is 19.4 Å². The SMILES string of the molecule is CNC1CCN(C(COO)C(C)C)C1=O. The summed E-state index contributed by atoms with van der Waals surface area (Å²) in [6.07, 6.45) is 0.823. The van der Waals surface area contributed by atoms with Gasteiger partial charge in [-0.25, -0.2) is 4.89 Å². The predicted octanol–water partition coefficient (Wildman–Crippen LogP) is 0.321. The van der Waals surface area contributed by atoms with Crippen molar-refractivity contribution in [2.24, 2.45) is 5.92 Å². The first-order valence-electron chi connectivity index (χ1n) is 5.36. The van der Waals surface area contributed by atoms with Gasteiger partial charge < -0.3 is 10.2 Å². The molecule has 88 valence electrons. The van der Waals surface area contributed by atoms with E-state index in [1.54, 1.807) is 11.9 Å². The van der Waals surface area contributed by atoms with Gasteiger partial charge in [-0.1, -0.05) is 13.8 Å². The van der Waals surface area contributed by atoms with Crippen molar-refractivity contribution in [1.29, 1.82) is 0 Å². The molecular formula is C10H20N2O3. The molecule has 0 spiro atoms. The standard InChI is InChI=1S/C10H20N2O3/c1-7(2)9(6-15-14)12-5-4-8(11-3)10(12)13/h7-9,11,14H,4-6H2,1-3H3. The minimum Gasteiger partial charge on any atom is -0.336 e. The number of carbonyl (C=O) groups is 1. The molecule has 2 atom stereocenters. The van der Waals surface area contributed by atoms with Gasteiger partial charge in [0, 0.05) is 6.54 Å². The zero-order valence-corrected chi connectivity index (χ0v) is 9.56. The van der Waals surface area contributed by atoms with E-state index in [4.69, 9.17) is 5.26 Å². The molecule has 1 saturated heterocycles. The molecule has 1 rings (SSSR count). The van der Waals surface area contributed by atoms with Crippen LogP contribution in [0.2, 0.25) is 0 Å². The molecule has 2 N–H and O–H groups in total. The highest BCUT2D eigenvalue weighted by Gasteiger charge is 2.36. The Kier molecular flexibility index (Phi) is 4.50. The second-order valence-electron chi connectivity index (χ2n) is 4.27. The molecule has 0 aliphatic carbocycles. The second kappa shape index (κ2) is 5.44. The van der Waals surface area contributed by atoms with Crippen molar-refractivity contribution in [3.63, 3.8) is 0 Å². The van der Waals surface area contributed by atoms with E-state index >= 15 is 0 Å². The van der Waals surface area contributed by atoms with E-state index in [-0.39, 0.29) is 30.5 Å². The van der Waals surface area contributed by atoms with Gasteiger partial charge in [0.15, 0.2) is 0 Å². The summed E-state index contributed by atoms with van der Waals surface area (Å²) in [6.45, 7) is 4.95. The molecule has 5 nitrogen and oxygen atoms in total. The van der Waals surface area contributed by atoms with Gasteiger partial charge >= 0.3 is 0 Å². The fourth-order valence-corrected chi connectivity index (χ4v) is 2.02. The maximum Gasteiger partial charge on any atom is 0.240 e. The topological polar surface area (TPSA) is 61.8 Å². The van der Waals surface area contributed by atoms with Crippen molar-refractivity contribution in [2.45, 2.75) is 32.4 Å². The number of hydrogen-bond donors (Lipinski definition) is 2. The largest absolute Gasteiger partial charge is 0.336 e. The fraction of sp³-hybridized carbons (Fsp3) is 0.900. The minimum atomic E-state index is -0.0788. The lowest BCUT2D eigenvalue weighted by Crippen LogP contribution is -2.46. The first-order valence-corrected chi connectivity index (χ1v) is 5.36. The molecule has 5 heteroatoms. The highest BCUT2D eigenvalue weighted by atomic mass is 17.1. The van der Waals surface area contributed by atoms with Crippen molar-refractivity contribution in [3.05, 3.63) is 0 Å². The molecule has 0 aromatic rings. The number of likely N-dealkylation sites (N-methyl/N-ethyl adjacent to an activating group) is 1. The van der Waals surface area contributed by atoms with E-state index in [1.165, 1.54) is 0 Å². The van der Waals surface area contributed by atoms with E-state index in [0.29, 0.717) is 0 Å². The average molecular weight is 216 g/mol. The Morgan fingerprint density at radius 2 is 2.33 bits per heavy atom. The third-order valence-electron chi connectivity index (χ3n) is 3.00. The zero-order valence-electron chi connectivity index (χ0n) is 9.56. The maximum atomic E-state index is 11.9. The van der Waals surface area contributed by atoms with Gasteiger partial charge in [-0.2, -0.15) is 0 Å². The van der Waals surface area contributed by atoms with Gasteiger partial charge in [0.2, 0.25) is 5.91 Å². The van der Waals surface area contributed by atoms with E-state index in [0.717, 1.165) is 13.0 Å². The summed E-state index contributed by atoms with van der Waals surface area (Å²) in [5, 5.41) is 11.5. The van der Waals surface area contributed by atoms with Gasteiger partial charge in [-0.15, -0.1) is 0 Å². The number of rotatable bonds is 5. The van der Waals surface area contributed by atoms with Gasteiger partial charge in [0.05, 0.1) is 12.1 Å². The molecule has 0 aromatic heterocycles. The summed E-state index contributed by atoms with van der Waals surface area (Å²) in [6, 6.07) is -0.120. The molecular weight excluding hydrogens is 196 g/mol. The number of carbonyl (C=O) groups excluding carboxylic acids is 1. The predicted molar refractivity (Wildman–Crippen MR) is 56.4 cm³/mol. The lowest BCUT2D eigenvalue weighted by atomic mass is 10.0. The van der Waals surface area contributed by atoms with E-state index in [9.17, 15) is 4.79 Å². The highest BCUT2D eigenvalue weighted by molar-refractivity contribution is 5.84. The summed E-state index contributed by atoms with van der Waals surface area (Å²) >= 11 is 0. The number of hydrogen-bond acceptors (Lipinski definition) is 4. The van der Waals surface area contributed by atoms with Crippen LogP contribution in [0.15, 0.2) is 0 Å². The monoisotopic (exact) mass is 216 g/mol. The zero-order chi connectivity index (χ0) is 11.4.